The lowest BCUT2D eigenvalue weighted by atomic mass is 9.92. The van der Waals surface area contributed by atoms with Crippen molar-refractivity contribution in [2.24, 2.45) is 0 Å². The first-order valence-corrected chi connectivity index (χ1v) is 18.4. The highest BCUT2D eigenvalue weighted by molar-refractivity contribution is 6.11. The van der Waals surface area contributed by atoms with E-state index in [1.807, 2.05) is 0 Å². The van der Waals surface area contributed by atoms with E-state index in [0.717, 1.165) is 24.3 Å². The minimum absolute atomic E-state index is 0.00721. The summed E-state index contributed by atoms with van der Waals surface area (Å²) in [5.41, 5.74) is -3.49. The zero-order chi connectivity index (χ0) is 44.1. The van der Waals surface area contributed by atoms with Gasteiger partial charge in [-0.25, -0.2) is 0 Å². The number of nitrogens with zero attached hydrogens (tertiary/aromatic N) is 3. The van der Waals surface area contributed by atoms with Crippen molar-refractivity contribution in [2.45, 2.75) is 24.7 Å². The molecule has 2 aromatic heterocycles. The van der Waals surface area contributed by atoms with Gasteiger partial charge in [-0.3, -0.25) is 0 Å². The largest absolute Gasteiger partial charge is 0.416 e. The molecule has 0 amide bonds. The summed E-state index contributed by atoms with van der Waals surface area (Å²) >= 11 is 0. The Morgan fingerprint density at radius 2 is 0.855 bits per heavy atom. The van der Waals surface area contributed by atoms with Crippen LogP contribution in [0.5, 0.6) is 0 Å². The third kappa shape index (κ3) is 6.75. The molecule has 310 valence electrons. The monoisotopic (exact) mass is 857 g/mol. The van der Waals surface area contributed by atoms with Gasteiger partial charge in [0, 0.05) is 38.4 Å². The Bertz CT molecular complexity index is 3290. The Hall–Kier alpha value is -7.21. The fraction of sp³-hybridized carbons (Fsp3) is 0.0851. The number of nitriles is 1. The van der Waals surface area contributed by atoms with E-state index in [2.05, 4.69) is 6.07 Å². The number of hydrogen-bond acceptors (Lipinski definition) is 1. The van der Waals surface area contributed by atoms with Crippen molar-refractivity contribution in [3.05, 3.63) is 167 Å². The van der Waals surface area contributed by atoms with Crippen molar-refractivity contribution >= 4 is 43.6 Å². The van der Waals surface area contributed by atoms with Crippen LogP contribution in [-0.2, 0) is 24.7 Å². The van der Waals surface area contributed by atoms with E-state index in [9.17, 15) is 57.9 Å². The molecule has 62 heavy (non-hydrogen) atoms. The van der Waals surface area contributed by atoms with Gasteiger partial charge in [0.15, 0.2) is 0 Å². The molecule has 0 spiro atoms. The van der Waals surface area contributed by atoms with E-state index in [-0.39, 0.29) is 50.3 Å². The average molecular weight is 858 g/mol. The van der Waals surface area contributed by atoms with Crippen LogP contribution in [0.4, 0.5) is 52.7 Å². The van der Waals surface area contributed by atoms with Crippen molar-refractivity contribution < 1.29 is 52.7 Å². The molecular formula is C47H23F12N3. The second-order valence-corrected chi connectivity index (χ2v) is 14.5. The molecule has 0 N–H and O–H groups in total. The number of hydrogen-bond donors (Lipinski definition) is 0. The van der Waals surface area contributed by atoms with Crippen molar-refractivity contribution in [3.8, 4) is 39.7 Å². The van der Waals surface area contributed by atoms with E-state index < -0.39 is 52.5 Å². The van der Waals surface area contributed by atoms with Gasteiger partial charge in [-0.05, 0) is 108 Å². The molecule has 15 heteroatoms. The van der Waals surface area contributed by atoms with Crippen LogP contribution < -0.4 is 0 Å². The molecular weight excluding hydrogens is 835 g/mol. The minimum atomic E-state index is -5.18. The van der Waals surface area contributed by atoms with E-state index >= 15 is 0 Å². The summed E-state index contributed by atoms with van der Waals surface area (Å²) in [6, 6.07) is 31.0. The van der Waals surface area contributed by atoms with Gasteiger partial charge < -0.3 is 9.13 Å². The molecule has 0 aliphatic carbocycles. The lowest BCUT2D eigenvalue weighted by Crippen LogP contribution is -2.11. The van der Waals surface area contributed by atoms with Gasteiger partial charge in [-0.2, -0.15) is 57.9 Å². The molecule has 0 unspecified atom stereocenters. The lowest BCUT2D eigenvalue weighted by Gasteiger charge is -2.19. The highest BCUT2D eigenvalue weighted by atomic mass is 19.4. The normalized spacial score (nSPS) is 12.8. The summed E-state index contributed by atoms with van der Waals surface area (Å²) in [6.07, 6.45) is -19.7. The summed E-state index contributed by atoms with van der Waals surface area (Å²) in [5.74, 6) is 0. The van der Waals surface area contributed by atoms with Gasteiger partial charge in [0.2, 0.25) is 0 Å². The Labute approximate surface area is 341 Å². The fourth-order valence-corrected chi connectivity index (χ4v) is 8.08. The van der Waals surface area contributed by atoms with Crippen LogP contribution in [0, 0.1) is 11.3 Å². The maximum Gasteiger partial charge on any atom is 0.416 e. The lowest BCUT2D eigenvalue weighted by molar-refractivity contribution is -0.143. The molecule has 0 aliphatic heterocycles. The van der Waals surface area contributed by atoms with Crippen molar-refractivity contribution in [1.29, 1.82) is 5.26 Å². The van der Waals surface area contributed by atoms with Crippen LogP contribution in [-0.4, -0.2) is 9.13 Å². The van der Waals surface area contributed by atoms with Crippen LogP contribution in [0.15, 0.2) is 140 Å². The molecule has 0 saturated heterocycles. The van der Waals surface area contributed by atoms with E-state index in [4.69, 9.17) is 0 Å². The maximum absolute atomic E-state index is 14.1. The SMILES string of the molecule is N#Cc1ccc(-n2c3ccccc3c3cc(C(F)(F)F)ccc32)cc1-c1cc(-c2cc(C(F)(F)F)cc(C(F)(F)F)c2)ccc1-n1c2ccccc2c2cc(C(F)(F)F)ccc21. The Morgan fingerprint density at radius 3 is 1.37 bits per heavy atom. The smallest absolute Gasteiger partial charge is 0.309 e. The van der Waals surface area contributed by atoms with E-state index in [1.165, 1.54) is 48.5 Å². The Morgan fingerprint density at radius 1 is 0.371 bits per heavy atom. The van der Waals surface area contributed by atoms with Gasteiger partial charge >= 0.3 is 24.7 Å². The molecule has 9 rings (SSSR count). The first kappa shape index (κ1) is 40.2. The maximum atomic E-state index is 14.1. The molecule has 3 nitrogen and oxygen atoms in total. The Balaban J connectivity index is 1.37. The van der Waals surface area contributed by atoms with E-state index in [1.54, 1.807) is 57.7 Å². The van der Waals surface area contributed by atoms with Gasteiger partial charge in [-0.15, -0.1) is 0 Å². The number of aromatic nitrogens is 2. The molecule has 0 fully saturated rings. The van der Waals surface area contributed by atoms with Crippen molar-refractivity contribution in [2.75, 3.05) is 0 Å². The van der Waals surface area contributed by atoms with Crippen molar-refractivity contribution in [3.63, 3.8) is 0 Å². The molecule has 0 radical (unpaired) electrons. The third-order valence-corrected chi connectivity index (χ3v) is 10.8. The first-order chi connectivity index (χ1) is 29.2. The number of para-hydroxylation sites is 2. The van der Waals surface area contributed by atoms with Crippen LogP contribution in [0.25, 0.3) is 77.2 Å². The van der Waals surface area contributed by atoms with Gasteiger partial charge in [0.1, 0.15) is 0 Å². The zero-order valence-electron chi connectivity index (χ0n) is 31.2. The molecule has 0 aliphatic rings. The highest BCUT2D eigenvalue weighted by Crippen LogP contribution is 2.45. The summed E-state index contributed by atoms with van der Waals surface area (Å²) in [6.45, 7) is 0. The summed E-state index contributed by atoms with van der Waals surface area (Å²) in [5, 5.41) is 11.8. The molecule has 0 saturated carbocycles. The quantitative estimate of drug-likeness (QED) is 0.162. The number of fused-ring (bicyclic) bond motifs is 6. The molecule has 9 aromatic rings. The summed E-state index contributed by atoms with van der Waals surface area (Å²) in [4.78, 5) is 0. The third-order valence-electron chi connectivity index (χ3n) is 10.8. The van der Waals surface area contributed by atoms with Gasteiger partial charge in [-0.1, -0.05) is 42.5 Å². The van der Waals surface area contributed by atoms with Gasteiger partial charge in [0.25, 0.3) is 0 Å². The van der Waals surface area contributed by atoms with E-state index in [0.29, 0.717) is 45.1 Å². The van der Waals surface area contributed by atoms with Crippen LogP contribution in [0.2, 0.25) is 0 Å². The van der Waals surface area contributed by atoms with Crippen LogP contribution in [0.3, 0.4) is 0 Å². The average Bonchev–Trinajstić information content (AvgIpc) is 3.74. The minimum Gasteiger partial charge on any atom is -0.309 e. The predicted octanol–water partition coefficient (Wildman–Crippen LogP) is 15.2. The van der Waals surface area contributed by atoms with Crippen LogP contribution >= 0.6 is 0 Å². The number of benzene rings is 7. The fourth-order valence-electron chi connectivity index (χ4n) is 8.08. The van der Waals surface area contributed by atoms with Crippen molar-refractivity contribution in [1.82, 2.24) is 9.13 Å². The number of halogens is 12. The summed E-state index contributed by atoms with van der Waals surface area (Å²) in [7, 11) is 0. The highest BCUT2D eigenvalue weighted by Gasteiger charge is 2.38. The van der Waals surface area contributed by atoms with Crippen LogP contribution in [0.1, 0.15) is 27.8 Å². The second-order valence-electron chi connectivity index (χ2n) is 14.5. The first-order valence-electron chi connectivity index (χ1n) is 18.4. The number of rotatable bonds is 4. The summed E-state index contributed by atoms with van der Waals surface area (Å²) < 4.78 is 172. The molecule has 7 aromatic carbocycles. The molecule has 0 atom stereocenters. The predicted molar refractivity (Wildman–Crippen MR) is 211 cm³/mol. The standard InChI is InChI=1S/C47H23F12N3/c48-44(49,50)28-11-15-41-37(21-28)33-5-1-3-7-39(33)61(41)32-13-9-26(24-60)35(23-32)36-19-25(27-17-30(46(54,55)56)20-31(18-27)47(57,58)59)10-14-42(36)62-40-8-4-2-6-34(40)38-22-29(45(51,52)53)12-16-43(38)62/h1-23H. The second kappa shape index (κ2) is 13.9. The van der Waals surface area contributed by atoms with Gasteiger partial charge in [0.05, 0.1) is 61.6 Å². The number of alkyl halides is 12. The Kier molecular flexibility index (Phi) is 9.02. The topological polar surface area (TPSA) is 33.6 Å². The zero-order valence-corrected chi connectivity index (χ0v) is 31.2. The molecule has 0 bridgehead atoms. The molecule has 2 heterocycles.